The molecular formula is C24H32FN3O2. The summed E-state index contributed by atoms with van der Waals surface area (Å²) in [6.07, 6.45) is 1.42. The first-order chi connectivity index (χ1) is 14.6. The van der Waals surface area contributed by atoms with Gasteiger partial charge in [0.1, 0.15) is 5.82 Å². The quantitative estimate of drug-likeness (QED) is 0.476. The van der Waals surface area contributed by atoms with Gasteiger partial charge in [0.05, 0.1) is 18.8 Å². The highest BCUT2D eigenvalue weighted by molar-refractivity contribution is 5.79. The first-order valence-electron chi connectivity index (χ1n) is 10.7. The van der Waals surface area contributed by atoms with E-state index in [0.29, 0.717) is 17.4 Å². The van der Waals surface area contributed by atoms with Crippen molar-refractivity contribution >= 4 is 5.96 Å². The van der Waals surface area contributed by atoms with Crippen LogP contribution in [0.5, 0.6) is 0 Å². The number of aliphatic imine (C=N–C) groups is 1. The predicted octanol–water partition coefficient (Wildman–Crippen LogP) is 3.89. The van der Waals surface area contributed by atoms with Crippen molar-refractivity contribution in [1.29, 1.82) is 0 Å². The van der Waals surface area contributed by atoms with E-state index in [2.05, 4.69) is 46.8 Å². The smallest absolute Gasteiger partial charge is 0.191 e. The van der Waals surface area contributed by atoms with Gasteiger partial charge in [-0.25, -0.2) is 4.39 Å². The summed E-state index contributed by atoms with van der Waals surface area (Å²) in [5.74, 6) is 0.682. The van der Waals surface area contributed by atoms with Crippen molar-refractivity contribution in [3.05, 3.63) is 71.0 Å². The first-order valence-corrected chi connectivity index (χ1v) is 10.7. The van der Waals surface area contributed by atoms with Gasteiger partial charge in [-0.3, -0.25) is 4.99 Å². The number of aliphatic hydroxyl groups excluding tert-OH is 1. The van der Waals surface area contributed by atoms with Gasteiger partial charge in [0, 0.05) is 25.6 Å². The third-order valence-corrected chi connectivity index (χ3v) is 5.40. The van der Waals surface area contributed by atoms with E-state index < -0.39 is 6.10 Å². The zero-order chi connectivity index (χ0) is 21.3. The van der Waals surface area contributed by atoms with E-state index in [9.17, 15) is 9.50 Å². The number of hydrogen-bond donors (Lipinski definition) is 3. The average Bonchev–Trinajstić information content (AvgIpc) is 2.77. The lowest BCUT2D eigenvalue weighted by Gasteiger charge is -2.32. The molecule has 1 aliphatic heterocycles. The van der Waals surface area contributed by atoms with Crippen molar-refractivity contribution in [1.82, 2.24) is 10.6 Å². The Kier molecular flexibility index (Phi) is 8.22. The molecule has 3 unspecified atom stereocenters. The fourth-order valence-corrected chi connectivity index (χ4v) is 3.71. The van der Waals surface area contributed by atoms with Crippen molar-refractivity contribution in [3.63, 3.8) is 0 Å². The van der Waals surface area contributed by atoms with E-state index in [1.807, 2.05) is 6.92 Å². The molecule has 2 aromatic rings. The fraction of sp³-hybridized carbons (Fsp3) is 0.458. The second kappa shape index (κ2) is 11.1. The van der Waals surface area contributed by atoms with Gasteiger partial charge in [0.15, 0.2) is 5.96 Å². The van der Waals surface area contributed by atoms with Gasteiger partial charge in [0.25, 0.3) is 0 Å². The molecule has 1 fully saturated rings. The number of nitrogens with one attached hydrogen (secondary N) is 2. The topological polar surface area (TPSA) is 65.9 Å². The monoisotopic (exact) mass is 413 g/mol. The minimum atomic E-state index is -0.778. The molecule has 5 nitrogen and oxygen atoms in total. The molecule has 162 valence electrons. The number of aryl methyl sites for hydroxylation is 1. The van der Waals surface area contributed by atoms with E-state index in [1.165, 1.54) is 23.3 Å². The Balaban J connectivity index is 1.61. The van der Waals surface area contributed by atoms with E-state index in [-0.39, 0.29) is 18.5 Å². The summed E-state index contributed by atoms with van der Waals surface area (Å²) >= 11 is 0. The van der Waals surface area contributed by atoms with Gasteiger partial charge in [-0.1, -0.05) is 42.0 Å². The Morgan fingerprint density at radius 1 is 1.17 bits per heavy atom. The largest absolute Gasteiger partial charge is 0.386 e. The van der Waals surface area contributed by atoms with Crippen LogP contribution in [0.15, 0.2) is 53.5 Å². The summed E-state index contributed by atoms with van der Waals surface area (Å²) in [6, 6.07) is 14.4. The van der Waals surface area contributed by atoms with Crippen molar-refractivity contribution in [2.45, 2.75) is 38.9 Å². The first kappa shape index (κ1) is 22.2. The summed E-state index contributed by atoms with van der Waals surface area (Å²) in [7, 11) is 0. The van der Waals surface area contributed by atoms with Crippen LogP contribution < -0.4 is 10.6 Å². The van der Waals surface area contributed by atoms with E-state index in [1.54, 1.807) is 12.1 Å². The van der Waals surface area contributed by atoms with Crippen molar-refractivity contribution < 1.29 is 14.2 Å². The van der Waals surface area contributed by atoms with Crippen LogP contribution in [0.25, 0.3) is 0 Å². The molecule has 3 atom stereocenters. The van der Waals surface area contributed by atoms with Gasteiger partial charge in [-0.05, 0) is 49.9 Å². The van der Waals surface area contributed by atoms with Crippen LogP contribution in [-0.4, -0.2) is 37.3 Å². The van der Waals surface area contributed by atoms with Crippen LogP contribution in [0.2, 0.25) is 0 Å². The molecule has 0 spiro atoms. The number of guanidine groups is 1. The molecule has 3 rings (SSSR count). The summed E-state index contributed by atoms with van der Waals surface area (Å²) in [5, 5.41) is 17.0. The highest BCUT2D eigenvalue weighted by Gasteiger charge is 2.27. The Morgan fingerprint density at radius 2 is 1.90 bits per heavy atom. The Morgan fingerprint density at radius 3 is 2.60 bits per heavy atom. The maximum absolute atomic E-state index is 13.1. The maximum Gasteiger partial charge on any atom is 0.191 e. The van der Waals surface area contributed by atoms with Gasteiger partial charge in [0.2, 0.25) is 0 Å². The van der Waals surface area contributed by atoms with Crippen LogP contribution in [-0.2, 0) is 4.74 Å². The van der Waals surface area contributed by atoms with Crippen molar-refractivity contribution in [2.75, 3.05) is 26.2 Å². The van der Waals surface area contributed by atoms with E-state index in [0.717, 1.165) is 32.5 Å². The van der Waals surface area contributed by atoms with Gasteiger partial charge in [-0.2, -0.15) is 0 Å². The molecular weight excluding hydrogens is 381 g/mol. The Labute approximate surface area is 178 Å². The molecule has 1 saturated heterocycles. The summed E-state index contributed by atoms with van der Waals surface area (Å²) in [4.78, 5) is 4.52. The number of aliphatic hydroxyl groups is 1. The lowest BCUT2D eigenvalue weighted by atomic mass is 9.89. The Bertz CT molecular complexity index is 808. The number of hydrogen-bond acceptors (Lipinski definition) is 3. The van der Waals surface area contributed by atoms with Crippen LogP contribution in [0, 0.1) is 18.7 Å². The van der Waals surface area contributed by atoms with Gasteiger partial charge in [-0.15, -0.1) is 0 Å². The van der Waals surface area contributed by atoms with Gasteiger partial charge < -0.3 is 20.5 Å². The molecule has 6 heteroatoms. The molecule has 0 amide bonds. The summed E-state index contributed by atoms with van der Waals surface area (Å²) in [5.41, 5.74) is 3.10. The normalized spacial score (nSPS) is 20.6. The Hall–Kier alpha value is -2.44. The number of rotatable bonds is 7. The molecule has 1 heterocycles. The van der Waals surface area contributed by atoms with Crippen LogP contribution in [0.1, 0.15) is 48.7 Å². The van der Waals surface area contributed by atoms with Crippen LogP contribution >= 0.6 is 0 Å². The zero-order valence-corrected chi connectivity index (χ0v) is 17.8. The number of halogens is 1. The molecule has 0 bridgehead atoms. The second-order valence-corrected chi connectivity index (χ2v) is 7.77. The zero-order valence-electron chi connectivity index (χ0n) is 17.8. The molecule has 3 N–H and O–H groups in total. The standard InChI is InChI=1S/C24H32FN3O2/c1-3-26-24(28-16-22(29)18-10-12-21(25)13-11-18)27-15-20-5-4-14-30-23(20)19-8-6-17(2)7-9-19/h6-13,20,22-23,29H,3-5,14-16H2,1-2H3,(H2,26,27,28). The van der Waals surface area contributed by atoms with E-state index in [4.69, 9.17) is 4.74 Å². The summed E-state index contributed by atoms with van der Waals surface area (Å²) < 4.78 is 19.2. The molecule has 0 aliphatic carbocycles. The fourth-order valence-electron chi connectivity index (χ4n) is 3.71. The number of benzene rings is 2. The molecule has 0 aromatic heterocycles. The van der Waals surface area contributed by atoms with Crippen LogP contribution in [0.3, 0.4) is 0 Å². The third kappa shape index (κ3) is 6.28. The molecule has 2 aromatic carbocycles. The second-order valence-electron chi connectivity index (χ2n) is 7.77. The molecule has 0 radical (unpaired) electrons. The van der Waals surface area contributed by atoms with Crippen LogP contribution in [0.4, 0.5) is 4.39 Å². The highest BCUT2D eigenvalue weighted by atomic mass is 19.1. The minimum Gasteiger partial charge on any atom is -0.386 e. The molecule has 30 heavy (non-hydrogen) atoms. The lowest BCUT2D eigenvalue weighted by molar-refractivity contribution is -0.0265. The third-order valence-electron chi connectivity index (χ3n) is 5.40. The highest BCUT2D eigenvalue weighted by Crippen LogP contribution is 2.33. The van der Waals surface area contributed by atoms with Gasteiger partial charge >= 0.3 is 0 Å². The minimum absolute atomic E-state index is 0.0690. The van der Waals surface area contributed by atoms with E-state index >= 15 is 0 Å². The predicted molar refractivity (Wildman–Crippen MR) is 118 cm³/mol. The molecule has 1 aliphatic rings. The lowest BCUT2D eigenvalue weighted by Crippen LogP contribution is -2.42. The number of nitrogens with zero attached hydrogens (tertiary/aromatic N) is 1. The SMILES string of the molecule is CCNC(=NCC(O)c1ccc(F)cc1)NCC1CCCOC1c1ccc(C)cc1. The summed E-state index contributed by atoms with van der Waals surface area (Å²) in [6.45, 7) is 6.53. The average molecular weight is 414 g/mol. The maximum atomic E-state index is 13.1. The number of ether oxygens (including phenoxy) is 1. The molecule has 0 saturated carbocycles. The van der Waals surface area contributed by atoms with Crippen molar-refractivity contribution in [3.8, 4) is 0 Å². The van der Waals surface area contributed by atoms with Crippen molar-refractivity contribution in [2.24, 2.45) is 10.9 Å².